The van der Waals surface area contributed by atoms with Crippen LogP contribution in [-0.4, -0.2) is 20.7 Å². The fourth-order valence-corrected chi connectivity index (χ4v) is 2.00. The third kappa shape index (κ3) is 3.06. The molecule has 0 atom stereocenters. The summed E-state index contributed by atoms with van der Waals surface area (Å²) >= 11 is 0. The molecular weight excluding hydrogens is 282 g/mol. The molecule has 0 unspecified atom stereocenters. The minimum atomic E-state index is -0.426. The van der Waals surface area contributed by atoms with Crippen LogP contribution in [0.5, 0.6) is 0 Å². The maximum Gasteiger partial charge on any atom is 0.338 e. The van der Waals surface area contributed by atoms with Crippen LogP contribution in [-0.2, 0) is 17.8 Å². The van der Waals surface area contributed by atoms with Gasteiger partial charge in [-0.15, -0.1) is 10.2 Å². The summed E-state index contributed by atoms with van der Waals surface area (Å²) in [5.74, 6) is 0.401. The lowest BCUT2D eigenvalue weighted by molar-refractivity contribution is 0.0436. The summed E-state index contributed by atoms with van der Waals surface area (Å²) in [6.45, 7) is 1.88. The summed E-state index contributed by atoms with van der Waals surface area (Å²) in [5.41, 5.74) is 1.37. The van der Waals surface area contributed by atoms with Crippen LogP contribution in [0.25, 0.3) is 5.69 Å². The Kier molecular flexibility index (Phi) is 4.00. The van der Waals surface area contributed by atoms with Gasteiger partial charge in [0.2, 0.25) is 5.89 Å². The molecule has 0 aliphatic carbocycles. The van der Waals surface area contributed by atoms with Crippen LogP contribution in [0.3, 0.4) is 0 Å². The van der Waals surface area contributed by atoms with E-state index in [-0.39, 0.29) is 6.61 Å². The Morgan fingerprint density at radius 2 is 1.95 bits per heavy atom. The van der Waals surface area contributed by atoms with Crippen LogP contribution in [0.2, 0.25) is 0 Å². The first-order valence-electron chi connectivity index (χ1n) is 6.98. The molecule has 1 aromatic carbocycles. The summed E-state index contributed by atoms with van der Waals surface area (Å²) in [7, 11) is 0. The predicted octanol–water partition coefficient (Wildman–Crippen LogP) is 2.78. The Balaban J connectivity index is 1.68. The Labute approximate surface area is 127 Å². The number of rotatable bonds is 5. The normalized spacial score (nSPS) is 10.6. The molecule has 0 aliphatic heterocycles. The van der Waals surface area contributed by atoms with Gasteiger partial charge in [0, 0.05) is 24.5 Å². The van der Waals surface area contributed by atoms with E-state index in [9.17, 15) is 4.79 Å². The number of ether oxygens (including phenoxy) is 1. The fraction of sp³-hybridized carbons (Fsp3) is 0.188. The van der Waals surface area contributed by atoms with Crippen molar-refractivity contribution in [2.24, 2.45) is 0 Å². The van der Waals surface area contributed by atoms with Gasteiger partial charge in [-0.2, -0.15) is 0 Å². The zero-order valence-electron chi connectivity index (χ0n) is 12.1. The molecule has 3 aromatic rings. The third-order valence-electron chi connectivity index (χ3n) is 3.12. The average Bonchev–Trinajstić information content (AvgIpc) is 3.24. The molecule has 0 saturated heterocycles. The number of nitrogens with zero attached hydrogens (tertiary/aromatic N) is 3. The first-order chi connectivity index (χ1) is 10.8. The Morgan fingerprint density at radius 3 is 2.68 bits per heavy atom. The molecular formula is C16H15N3O3. The van der Waals surface area contributed by atoms with Crippen molar-refractivity contribution in [3.63, 3.8) is 0 Å². The molecule has 0 amide bonds. The summed E-state index contributed by atoms with van der Waals surface area (Å²) in [6, 6.07) is 11.1. The van der Waals surface area contributed by atoms with Crippen molar-refractivity contribution in [3.8, 4) is 5.69 Å². The second-order valence-corrected chi connectivity index (χ2v) is 4.66. The third-order valence-corrected chi connectivity index (χ3v) is 3.12. The van der Waals surface area contributed by atoms with Crippen molar-refractivity contribution in [3.05, 3.63) is 66.1 Å². The monoisotopic (exact) mass is 297 g/mol. The minimum absolute atomic E-state index is 0.0282. The van der Waals surface area contributed by atoms with Crippen LogP contribution in [0.1, 0.15) is 29.1 Å². The first-order valence-corrected chi connectivity index (χ1v) is 6.98. The van der Waals surface area contributed by atoms with Gasteiger partial charge in [-0.05, 0) is 30.3 Å². The molecule has 6 nitrogen and oxygen atoms in total. The number of benzene rings is 1. The lowest BCUT2D eigenvalue weighted by atomic mass is 10.2. The van der Waals surface area contributed by atoms with Gasteiger partial charge in [0.15, 0.2) is 6.61 Å². The van der Waals surface area contributed by atoms with Crippen LogP contribution < -0.4 is 0 Å². The van der Waals surface area contributed by atoms with Gasteiger partial charge in [0.25, 0.3) is 5.89 Å². The van der Waals surface area contributed by atoms with Gasteiger partial charge < -0.3 is 13.7 Å². The summed E-state index contributed by atoms with van der Waals surface area (Å²) in [4.78, 5) is 12.1. The predicted molar refractivity (Wildman–Crippen MR) is 78.6 cm³/mol. The van der Waals surface area contributed by atoms with Gasteiger partial charge in [-0.1, -0.05) is 13.0 Å². The standard InChI is InChI=1S/C16H15N3O3/c1-2-14-17-18-15(22-14)11-21-16(20)12-6-5-7-13(10-12)19-8-3-4-9-19/h3-10H,2,11H2,1H3. The highest BCUT2D eigenvalue weighted by atomic mass is 16.5. The Hall–Kier alpha value is -2.89. The van der Waals surface area contributed by atoms with Gasteiger partial charge in [-0.25, -0.2) is 4.79 Å². The molecule has 22 heavy (non-hydrogen) atoms. The van der Waals surface area contributed by atoms with Crippen molar-refractivity contribution >= 4 is 5.97 Å². The van der Waals surface area contributed by atoms with Gasteiger partial charge >= 0.3 is 5.97 Å². The van der Waals surface area contributed by atoms with Crippen LogP contribution in [0.15, 0.2) is 53.2 Å². The number of hydrogen-bond acceptors (Lipinski definition) is 5. The second kappa shape index (κ2) is 6.26. The highest BCUT2D eigenvalue weighted by Gasteiger charge is 2.11. The summed E-state index contributed by atoms with van der Waals surface area (Å²) in [5, 5.41) is 7.63. The molecule has 0 radical (unpaired) electrons. The molecule has 3 rings (SSSR count). The van der Waals surface area contributed by atoms with E-state index in [0.717, 1.165) is 5.69 Å². The molecule has 112 valence electrons. The second-order valence-electron chi connectivity index (χ2n) is 4.66. The number of esters is 1. The lowest BCUT2D eigenvalue weighted by Crippen LogP contribution is -2.06. The van der Waals surface area contributed by atoms with Crippen molar-refractivity contribution in [1.82, 2.24) is 14.8 Å². The molecule has 0 bridgehead atoms. The number of aryl methyl sites for hydroxylation is 1. The maximum atomic E-state index is 12.1. The molecule has 2 aromatic heterocycles. The quantitative estimate of drug-likeness (QED) is 0.677. The summed E-state index contributed by atoms with van der Waals surface area (Å²) < 4.78 is 12.4. The molecule has 0 aliphatic rings. The van der Waals surface area contributed by atoms with Crippen LogP contribution >= 0.6 is 0 Å². The molecule has 6 heteroatoms. The molecule has 0 saturated carbocycles. The zero-order chi connectivity index (χ0) is 15.4. The lowest BCUT2D eigenvalue weighted by Gasteiger charge is -2.06. The summed E-state index contributed by atoms with van der Waals surface area (Å²) in [6.07, 6.45) is 4.48. The Bertz CT molecular complexity index is 763. The van der Waals surface area contributed by atoms with Crippen molar-refractivity contribution in [2.45, 2.75) is 20.0 Å². The average molecular weight is 297 g/mol. The number of carbonyl (C=O) groups is 1. The highest BCUT2D eigenvalue weighted by Crippen LogP contribution is 2.13. The number of aromatic nitrogens is 3. The van der Waals surface area contributed by atoms with E-state index in [1.807, 2.05) is 48.1 Å². The molecule has 0 fully saturated rings. The largest absolute Gasteiger partial charge is 0.452 e. The number of carbonyl (C=O) groups excluding carboxylic acids is 1. The van der Waals surface area contributed by atoms with Crippen molar-refractivity contribution < 1.29 is 13.9 Å². The smallest absolute Gasteiger partial charge is 0.338 e. The fourth-order valence-electron chi connectivity index (χ4n) is 2.00. The zero-order valence-corrected chi connectivity index (χ0v) is 12.1. The van der Waals surface area contributed by atoms with E-state index in [4.69, 9.17) is 9.15 Å². The Morgan fingerprint density at radius 1 is 1.18 bits per heavy atom. The number of hydrogen-bond donors (Lipinski definition) is 0. The van der Waals surface area contributed by atoms with Crippen molar-refractivity contribution in [1.29, 1.82) is 0 Å². The van der Waals surface area contributed by atoms with E-state index in [0.29, 0.717) is 23.8 Å². The van der Waals surface area contributed by atoms with Crippen LogP contribution in [0.4, 0.5) is 0 Å². The molecule has 0 spiro atoms. The maximum absolute atomic E-state index is 12.1. The van der Waals surface area contributed by atoms with Gasteiger partial charge in [-0.3, -0.25) is 0 Å². The first kappa shape index (κ1) is 14.1. The van der Waals surface area contributed by atoms with Gasteiger partial charge in [0.05, 0.1) is 5.56 Å². The van der Waals surface area contributed by atoms with E-state index in [1.54, 1.807) is 12.1 Å². The molecule has 0 N–H and O–H groups in total. The van der Waals surface area contributed by atoms with E-state index >= 15 is 0 Å². The van der Waals surface area contributed by atoms with Gasteiger partial charge in [0.1, 0.15) is 0 Å². The minimum Gasteiger partial charge on any atom is -0.452 e. The highest BCUT2D eigenvalue weighted by molar-refractivity contribution is 5.90. The van der Waals surface area contributed by atoms with E-state index in [2.05, 4.69) is 10.2 Å². The van der Waals surface area contributed by atoms with Crippen LogP contribution in [0, 0.1) is 0 Å². The SMILES string of the molecule is CCc1nnc(COC(=O)c2cccc(-n3cccc3)c2)o1. The van der Waals surface area contributed by atoms with E-state index < -0.39 is 5.97 Å². The van der Waals surface area contributed by atoms with E-state index in [1.165, 1.54) is 0 Å². The topological polar surface area (TPSA) is 70.2 Å². The van der Waals surface area contributed by atoms with Crippen molar-refractivity contribution in [2.75, 3.05) is 0 Å². The molecule has 2 heterocycles.